The summed E-state index contributed by atoms with van der Waals surface area (Å²) in [6.07, 6.45) is 0.588. The van der Waals surface area contributed by atoms with Crippen LogP contribution in [0, 0.1) is 0 Å². The summed E-state index contributed by atoms with van der Waals surface area (Å²) in [4.78, 5) is 26.8. The number of hydrogen-bond acceptors (Lipinski definition) is 7. The predicted molar refractivity (Wildman–Crippen MR) is 206 cm³/mol. The zero-order valence-electron chi connectivity index (χ0n) is 31.4. The van der Waals surface area contributed by atoms with E-state index in [1.807, 2.05) is 53.1 Å². The van der Waals surface area contributed by atoms with E-state index in [-0.39, 0.29) is 31.4 Å². The van der Waals surface area contributed by atoms with Gasteiger partial charge in [-0.1, -0.05) is 75.4 Å². The van der Waals surface area contributed by atoms with Gasteiger partial charge in [-0.05, 0) is 61.3 Å². The number of aromatic amines is 1. The van der Waals surface area contributed by atoms with E-state index in [1.54, 1.807) is 6.92 Å². The number of benzene rings is 3. The summed E-state index contributed by atoms with van der Waals surface area (Å²) in [5, 5.41) is 30.7. The van der Waals surface area contributed by atoms with Crippen molar-refractivity contribution in [1.29, 1.82) is 0 Å². The van der Waals surface area contributed by atoms with Crippen LogP contribution in [0.4, 0.5) is 4.79 Å². The fourth-order valence-corrected chi connectivity index (χ4v) is 7.27. The number of nitrogens with one attached hydrogen (secondary N) is 1. The Morgan fingerprint density at radius 1 is 1.00 bits per heavy atom. The number of para-hydroxylation sites is 1. The van der Waals surface area contributed by atoms with Crippen molar-refractivity contribution in [2.45, 2.75) is 84.8 Å². The number of aromatic nitrogens is 3. The predicted octanol–water partition coefficient (Wildman–Crippen LogP) is 8.39. The van der Waals surface area contributed by atoms with Crippen LogP contribution >= 0.6 is 0 Å². The molecular formula is C40H52N4O7Si. The maximum Gasteiger partial charge on any atom is 0.407 e. The molecule has 0 saturated heterocycles. The van der Waals surface area contributed by atoms with Crippen LogP contribution in [-0.4, -0.2) is 77.1 Å². The Labute approximate surface area is 306 Å². The van der Waals surface area contributed by atoms with E-state index in [1.165, 1.54) is 11.9 Å². The number of ether oxygens (including phenoxy) is 2. The molecule has 0 fully saturated rings. The van der Waals surface area contributed by atoms with E-state index in [0.717, 1.165) is 49.8 Å². The molecular weight excluding hydrogens is 677 g/mol. The van der Waals surface area contributed by atoms with Crippen LogP contribution in [0.2, 0.25) is 18.1 Å². The number of hydrogen-bond donors (Lipinski definition) is 3. The van der Waals surface area contributed by atoms with Gasteiger partial charge in [0.2, 0.25) is 0 Å². The second kappa shape index (κ2) is 16.4. The molecule has 0 spiro atoms. The molecule has 5 aromatic rings. The molecule has 0 aliphatic heterocycles. The van der Waals surface area contributed by atoms with Crippen molar-refractivity contribution in [3.63, 3.8) is 0 Å². The Morgan fingerprint density at radius 3 is 2.42 bits per heavy atom. The number of carbonyl (C=O) groups excluding carboxylic acids is 1. The van der Waals surface area contributed by atoms with Gasteiger partial charge in [0.1, 0.15) is 11.4 Å². The smallest absolute Gasteiger partial charge is 0.407 e. The van der Waals surface area contributed by atoms with Crippen molar-refractivity contribution >= 4 is 42.1 Å². The molecule has 0 aliphatic carbocycles. The van der Waals surface area contributed by atoms with Crippen LogP contribution in [0.1, 0.15) is 68.0 Å². The highest BCUT2D eigenvalue weighted by molar-refractivity contribution is 6.74. The van der Waals surface area contributed by atoms with Gasteiger partial charge in [0, 0.05) is 42.0 Å². The van der Waals surface area contributed by atoms with Crippen molar-refractivity contribution in [1.82, 2.24) is 19.7 Å². The molecule has 12 heteroatoms. The Balaban J connectivity index is 1.60. The van der Waals surface area contributed by atoms with Gasteiger partial charge in [-0.3, -0.25) is 5.10 Å². The molecule has 52 heavy (non-hydrogen) atoms. The lowest BCUT2D eigenvalue weighted by Gasteiger charge is -2.36. The maximum absolute atomic E-state index is 13.9. The number of carboxylic acid groups (broad SMARTS) is 1. The minimum Gasteiger partial charge on any atom is -0.493 e. The summed E-state index contributed by atoms with van der Waals surface area (Å²) in [5.41, 5.74) is 4.79. The Bertz CT molecular complexity index is 2020. The minimum absolute atomic E-state index is 0.00835. The molecule has 5 rings (SSSR count). The molecule has 2 aromatic heterocycles. The molecule has 3 N–H and O–H groups in total. The normalized spacial score (nSPS) is 12.1. The zero-order chi connectivity index (χ0) is 37.6. The van der Waals surface area contributed by atoms with E-state index in [2.05, 4.69) is 56.2 Å². The average molecular weight is 729 g/mol. The first-order valence-electron chi connectivity index (χ1n) is 18.0. The lowest BCUT2D eigenvalue weighted by molar-refractivity contribution is 0.0512. The summed E-state index contributed by atoms with van der Waals surface area (Å²) in [7, 11) is -0.613. The largest absolute Gasteiger partial charge is 0.493 e. The standard InChI is InChI=1S/C40H52N4O7Si/c1-8-49-38(46)37-30(20-13-24-50-34-21-11-16-27-15-9-10-17-28(27)34)29-18-12-19-31(36(29)44(37)23-14-22-43(5)39(47)48)35-32(25-45)41-42-33(35)26-51-52(6,7)40(2,3)4/h9-12,15-19,21,45H,8,13-14,20,22-26H2,1-7H3,(H,41,42)(H,47,48). The average Bonchev–Trinajstić information content (AvgIpc) is 3.67. The number of H-pyrrole nitrogens is 1. The van der Waals surface area contributed by atoms with Gasteiger partial charge >= 0.3 is 12.1 Å². The summed E-state index contributed by atoms with van der Waals surface area (Å²) in [6, 6.07) is 20.0. The molecule has 0 bridgehead atoms. The molecule has 1 amide bonds. The fraction of sp³-hybridized carbons (Fsp3) is 0.425. The minimum atomic E-state index is -2.14. The van der Waals surface area contributed by atoms with Gasteiger partial charge in [0.25, 0.3) is 0 Å². The third-order valence-corrected chi connectivity index (χ3v) is 14.6. The molecule has 0 radical (unpaired) electrons. The van der Waals surface area contributed by atoms with Crippen LogP contribution in [0.25, 0.3) is 32.8 Å². The number of nitrogens with zero attached hydrogens (tertiary/aromatic N) is 3. The van der Waals surface area contributed by atoms with Gasteiger partial charge < -0.3 is 33.6 Å². The molecule has 0 unspecified atom stereocenters. The quantitative estimate of drug-likeness (QED) is 0.0523. The third-order valence-electron chi connectivity index (χ3n) is 10.2. The Morgan fingerprint density at radius 2 is 1.71 bits per heavy atom. The van der Waals surface area contributed by atoms with E-state index in [4.69, 9.17) is 13.9 Å². The number of amides is 1. The zero-order valence-corrected chi connectivity index (χ0v) is 32.4. The number of fused-ring (bicyclic) bond motifs is 2. The van der Waals surface area contributed by atoms with Crippen LogP contribution in [0.3, 0.4) is 0 Å². The van der Waals surface area contributed by atoms with E-state index < -0.39 is 20.4 Å². The van der Waals surface area contributed by atoms with Crippen molar-refractivity contribution in [2.24, 2.45) is 0 Å². The van der Waals surface area contributed by atoms with E-state index in [9.17, 15) is 19.8 Å². The highest BCUT2D eigenvalue weighted by Gasteiger charge is 2.37. The Hall–Kier alpha value is -4.65. The number of aliphatic hydroxyl groups is 1. The Kier molecular flexibility index (Phi) is 12.1. The highest BCUT2D eigenvalue weighted by Crippen LogP contribution is 2.41. The summed E-state index contributed by atoms with van der Waals surface area (Å²) >= 11 is 0. The summed E-state index contributed by atoms with van der Waals surface area (Å²) in [6.45, 7) is 14.0. The fourth-order valence-electron chi connectivity index (χ4n) is 6.33. The van der Waals surface area contributed by atoms with Crippen LogP contribution < -0.4 is 4.74 Å². The summed E-state index contributed by atoms with van der Waals surface area (Å²) in [5.74, 6) is 0.359. The summed E-state index contributed by atoms with van der Waals surface area (Å²) < 4.78 is 20.5. The molecule has 0 saturated carbocycles. The molecule has 3 aromatic carbocycles. The first-order chi connectivity index (χ1) is 24.8. The second-order valence-corrected chi connectivity index (χ2v) is 19.4. The van der Waals surface area contributed by atoms with Crippen molar-refractivity contribution in [3.05, 3.63) is 83.3 Å². The molecule has 2 heterocycles. The van der Waals surface area contributed by atoms with Crippen molar-refractivity contribution in [2.75, 3.05) is 26.8 Å². The second-order valence-electron chi connectivity index (χ2n) is 14.6. The maximum atomic E-state index is 13.9. The third kappa shape index (κ3) is 8.19. The van der Waals surface area contributed by atoms with Gasteiger partial charge in [-0.25, -0.2) is 9.59 Å². The SMILES string of the molecule is CCOC(=O)c1c(CCCOc2cccc3ccccc23)c2cccc(-c3c(CO)n[nH]c3CO[Si](C)(C)C(C)(C)C)c2n1CCCN(C)C(=O)O. The number of esters is 1. The van der Waals surface area contributed by atoms with Gasteiger partial charge in [0.05, 0.1) is 43.3 Å². The first kappa shape index (κ1) is 38.6. The van der Waals surface area contributed by atoms with Crippen molar-refractivity contribution in [3.8, 4) is 16.9 Å². The molecule has 0 aliphatic rings. The number of aliphatic hydroxyl groups excluding tert-OH is 1. The lowest BCUT2D eigenvalue weighted by atomic mass is 9.98. The molecule has 278 valence electrons. The first-order valence-corrected chi connectivity index (χ1v) is 20.9. The van der Waals surface area contributed by atoms with Crippen LogP contribution in [-0.2, 0) is 35.3 Å². The lowest BCUT2D eigenvalue weighted by Crippen LogP contribution is -2.40. The molecule has 0 atom stereocenters. The molecule has 11 nitrogen and oxygen atoms in total. The highest BCUT2D eigenvalue weighted by atomic mass is 28.4. The monoisotopic (exact) mass is 728 g/mol. The van der Waals surface area contributed by atoms with Crippen LogP contribution in [0.5, 0.6) is 5.75 Å². The van der Waals surface area contributed by atoms with Gasteiger partial charge in [-0.15, -0.1) is 0 Å². The number of aryl methyl sites for hydroxylation is 2. The topological polar surface area (TPSA) is 139 Å². The van der Waals surface area contributed by atoms with Gasteiger partial charge in [0.15, 0.2) is 8.32 Å². The van der Waals surface area contributed by atoms with Crippen molar-refractivity contribution < 1.29 is 33.7 Å². The number of rotatable bonds is 16. The van der Waals surface area contributed by atoms with Crippen LogP contribution in [0.15, 0.2) is 60.7 Å². The van der Waals surface area contributed by atoms with Gasteiger partial charge in [-0.2, -0.15) is 5.10 Å². The van der Waals surface area contributed by atoms with E-state index >= 15 is 0 Å². The van der Waals surface area contributed by atoms with E-state index in [0.29, 0.717) is 43.8 Å². The number of carbonyl (C=O) groups is 2.